The summed E-state index contributed by atoms with van der Waals surface area (Å²) >= 11 is 0. The molecule has 2 atom stereocenters. The Hall–Kier alpha value is -0.210. The second kappa shape index (κ2) is 4.72. The zero-order valence-corrected chi connectivity index (χ0v) is 11.3. The maximum absolute atomic E-state index is 12.7. The maximum Gasteiger partial charge on any atom is 0.282 e. The minimum atomic E-state index is -3.31. The molecule has 2 N–H and O–H groups in total. The largest absolute Gasteiger partial charge is 0.379 e. The van der Waals surface area contributed by atoms with Gasteiger partial charge in [-0.3, -0.25) is 0 Å². The second-order valence-corrected chi connectivity index (χ2v) is 7.30. The third-order valence-corrected chi connectivity index (χ3v) is 6.41. The summed E-state index contributed by atoms with van der Waals surface area (Å²) in [5, 5.41) is 0. The Kier molecular flexibility index (Phi) is 3.36. The van der Waals surface area contributed by atoms with Crippen LogP contribution in [0.3, 0.4) is 0 Å². The summed E-state index contributed by atoms with van der Waals surface area (Å²) in [5.74, 6) is 0. The SMILES string of the molecule is NC1CC2CCC(C1)N2S(=O)(=O)N1CCOCC1. The number of nitrogens with two attached hydrogens (primary N) is 1. The molecule has 3 rings (SSSR count). The van der Waals surface area contributed by atoms with E-state index in [0.717, 1.165) is 25.7 Å². The van der Waals surface area contributed by atoms with Gasteiger partial charge < -0.3 is 10.5 Å². The van der Waals surface area contributed by atoms with E-state index in [2.05, 4.69) is 0 Å². The third-order valence-electron chi connectivity index (χ3n) is 4.27. The fourth-order valence-corrected chi connectivity index (χ4v) is 5.48. The molecule has 7 heteroatoms. The average molecular weight is 275 g/mol. The van der Waals surface area contributed by atoms with Gasteiger partial charge in [-0.15, -0.1) is 0 Å². The van der Waals surface area contributed by atoms with Crippen LogP contribution in [-0.4, -0.2) is 61.5 Å². The highest BCUT2D eigenvalue weighted by Gasteiger charge is 2.47. The molecule has 18 heavy (non-hydrogen) atoms. The maximum atomic E-state index is 12.7. The molecule has 3 heterocycles. The van der Waals surface area contributed by atoms with E-state index < -0.39 is 10.2 Å². The van der Waals surface area contributed by atoms with Crippen molar-refractivity contribution in [3.05, 3.63) is 0 Å². The molecular weight excluding hydrogens is 254 g/mol. The summed E-state index contributed by atoms with van der Waals surface area (Å²) in [4.78, 5) is 0. The van der Waals surface area contributed by atoms with E-state index in [-0.39, 0.29) is 18.1 Å². The number of ether oxygens (including phenoxy) is 1. The van der Waals surface area contributed by atoms with Crippen molar-refractivity contribution in [1.29, 1.82) is 0 Å². The molecule has 6 nitrogen and oxygen atoms in total. The zero-order chi connectivity index (χ0) is 12.8. The van der Waals surface area contributed by atoms with Crippen LogP contribution in [0, 0.1) is 0 Å². The standard InChI is InChI=1S/C11H21N3O3S/c12-9-7-10-1-2-11(8-9)14(10)18(15,16)13-3-5-17-6-4-13/h9-11H,1-8,12H2. The van der Waals surface area contributed by atoms with Crippen LogP contribution >= 0.6 is 0 Å². The highest BCUT2D eigenvalue weighted by molar-refractivity contribution is 7.86. The Morgan fingerprint density at radius 1 is 1.06 bits per heavy atom. The summed E-state index contributed by atoms with van der Waals surface area (Å²) in [6, 6.07) is 0.400. The van der Waals surface area contributed by atoms with Crippen molar-refractivity contribution in [1.82, 2.24) is 8.61 Å². The molecule has 0 saturated carbocycles. The predicted molar refractivity (Wildman–Crippen MR) is 67.2 cm³/mol. The molecule has 0 spiro atoms. The summed E-state index contributed by atoms with van der Waals surface area (Å²) in [6.45, 7) is 1.96. The first-order valence-electron chi connectivity index (χ1n) is 6.71. The smallest absolute Gasteiger partial charge is 0.282 e. The molecule has 0 amide bonds. The molecule has 0 aromatic carbocycles. The van der Waals surface area contributed by atoms with Gasteiger partial charge in [0.15, 0.2) is 0 Å². The molecule has 0 aromatic heterocycles. The van der Waals surface area contributed by atoms with Crippen LogP contribution in [0.25, 0.3) is 0 Å². The first-order valence-corrected chi connectivity index (χ1v) is 8.10. The number of hydrogen-bond acceptors (Lipinski definition) is 4. The van der Waals surface area contributed by atoms with Gasteiger partial charge >= 0.3 is 0 Å². The molecular formula is C11H21N3O3S. The lowest BCUT2D eigenvalue weighted by atomic mass is 10.0. The molecule has 3 aliphatic rings. The van der Waals surface area contributed by atoms with E-state index in [4.69, 9.17) is 10.5 Å². The Bertz CT molecular complexity index is 394. The average Bonchev–Trinajstić information content (AvgIpc) is 2.64. The summed E-state index contributed by atoms with van der Waals surface area (Å²) < 4.78 is 33.9. The predicted octanol–water partition coefficient (Wildman–Crippen LogP) is -0.482. The van der Waals surface area contributed by atoms with Crippen molar-refractivity contribution >= 4 is 10.2 Å². The van der Waals surface area contributed by atoms with Gasteiger partial charge in [-0.1, -0.05) is 0 Å². The monoisotopic (exact) mass is 275 g/mol. The summed E-state index contributed by atoms with van der Waals surface area (Å²) in [7, 11) is -3.31. The van der Waals surface area contributed by atoms with E-state index in [1.165, 1.54) is 0 Å². The number of fused-ring (bicyclic) bond motifs is 2. The van der Waals surface area contributed by atoms with Gasteiger partial charge in [-0.25, -0.2) is 0 Å². The first-order chi connectivity index (χ1) is 8.59. The van der Waals surface area contributed by atoms with Crippen LogP contribution in [-0.2, 0) is 14.9 Å². The minimum absolute atomic E-state index is 0.117. The van der Waals surface area contributed by atoms with Crippen molar-refractivity contribution in [3.8, 4) is 0 Å². The lowest BCUT2D eigenvalue weighted by Crippen LogP contribution is -2.56. The molecule has 3 saturated heterocycles. The van der Waals surface area contributed by atoms with Crippen LogP contribution < -0.4 is 5.73 Å². The first kappa shape index (κ1) is 12.8. The van der Waals surface area contributed by atoms with Crippen molar-refractivity contribution in [2.75, 3.05) is 26.3 Å². The van der Waals surface area contributed by atoms with Crippen LogP contribution in [0.4, 0.5) is 0 Å². The van der Waals surface area contributed by atoms with Gasteiger partial charge in [0, 0.05) is 31.2 Å². The Morgan fingerprint density at radius 2 is 1.61 bits per heavy atom. The van der Waals surface area contributed by atoms with E-state index in [9.17, 15) is 8.42 Å². The van der Waals surface area contributed by atoms with E-state index in [1.807, 2.05) is 0 Å². The quantitative estimate of drug-likeness (QED) is 0.738. The number of hydrogen-bond donors (Lipinski definition) is 1. The molecule has 0 aromatic rings. The van der Waals surface area contributed by atoms with Crippen molar-refractivity contribution in [3.63, 3.8) is 0 Å². The molecule has 3 fully saturated rings. The van der Waals surface area contributed by atoms with E-state index in [1.54, 1.807) is 8.61 Å². The van der Waals surface area contributed by atoms with Gasteiger partial charge in [-0.05, 0) is 25.7 Å². The molecule has 2 bridgehead atoms. The lowest BCUT2D eigenvalue weighted by Gasteiger charge is -2.40. The normalized spacial score (nSPS) is 39.1. The molecule has 3 aliphatic heterocycles. The summed E-state index contributed by atoms with van der Waals surface area (Å²) in [5.41, 5.74) is 5.98. The van der Waals surface area contributed by atoms with Crippen molar-refractivity contribution < 1.29 is 13.2 Å². The number of piperidine rings is 1. The topological polar surface area (TPSA) is 75.9 Å². The van der Waals surface area contributed by atoms with Gasteiger partial charge in [0.2, 0.25) is 0 Å². The lowest BCUT2D eigenvalue weighted by molar-refractivity contribution is 0.0676. The van der Waals surface area contributed by atoms with Crippen LogP contribution in [0.2, 0.25) is 0 Å². The second-order valence-electron chi connectivity index (χ2n) is 5.47. The third kappa shape index (κ3) is 2.08. The summed E-state index contributed by atoms with van der Waals surface area (Å²) in [6.07, 6.45) is 3.53. The molecule has 0 aliphatic carbocycles. The molecule has 2 unspecified atom stereocenters. The van der Waals surface area contributed by atoms with E-state index >= 15 is 0 Å². The van der Waals surface area contributed by atoms with Gasteiger partial charge in [0.1, 0.15) is 0 Å². The number of rotatable bonds is 2. The molecule has 0 radical (unpaired) electrons. The minimum Gasteiger partial charge on any atom is -0.379 e. The van der Waals surface area contributed by atoms with Crippen LogP contribution in [0.1, 0.15) is 25.7 Å². The fourth-order valence-electron chi connectivity index (χ4n) is 3.46. The van der Waals surface area contributed by atoms with Crippen molar-refractivity contribution in [2.45, 2.75) is 43.8 Å². The van der Waals surface area contributed by atoms with Crippen molar-refractivity contribution in [2.24, 2.45) is 5.73 Å². The van der Waals surface area contributed by atoms with E-state index in [0.29, 0.717) is 26.3 Å². The Morgan fingerprint density at radius 3 is 2.17 bits per heavy atom. The van der Waals surface area contributed by atoms with Crippen LogP contribution in [0.15, 0.2) is 0 Å². The fraction of sp³-hybridized carbons (Fsp3) is 1.00. The van der Waals surface area contributed by atoms with Gasteiger partial charge in [0.05, 0.1) is 13.2 Å². The Balaban J connectivity index is 1.81. The zero-order valence-electron chi connectivity index (χ0n) is 10.5. The van der Waals surface area contributed by atoms with Gasteiger partial charge in [-0.2, -0.15) is 17.0 Å². The van der Waals surface area contributed by atoms with Crippen LogP contribution in [0.5, 0.6) is 0 Å². The number of morpholine rings is 1. The highest BCUT2D eigenvalue weighted by atomic mass is 32.2. The number of nitrogens with zero attached hydrogens (tertiary/aromatic N) is 2. The Labute approximate surface area is 108 Å². The molecule has 104 valence electrons. The highest BCUT2D eigenvalue weighted by Crippen LogP contribution is 2.38. The van der Waals surface area contributed by atoms with Gasteiger partial charge in [0.25, 0.3) is 10.2 Å².